The molecule has 0 aromatic carbocycles. The van der Waals surface area contributed by atoms with Crippen LogP contribution in [0.15, 0.2) is 0 Å². The van der Waals surface area contributed by atoms with E-state index in [1.165, 1.54) is 0 Å². The van der Waals surface area contributed by atoms with E-state index in [2.05, 4.69) is 4.74 Å². The van der Waals surface area contributed by atoms with E-state index in [0.717, 1.165) is 34.6 Å². The lowest BCUT2D eigenvalue weighted by molar-refractivity contribution is -0.191. The predicted molar refractivity (Wildman–Crippen MR) is 84.9 cm³/mol. The van der Waals surface area contributed by atoms with E-state index in [4.69, 9.17) is 18.9 Å². The quantitative estimate of drug-likeness (QED) is 0.350. The average molecular weight is 390 g/mol. The first kappa shape index (κ1) is 24.0. The molecule has 0 radical (unpaired) electrons. The predicted octanol–water partition coefficient (Wildman–Crippen LogP) is -0.523. The highest BCUT2D eigenvalue weighted by atomic mass is 16.6. The van der Waals surface area contributed by atoms with Crippen LogP contribution >= 0.6 is 0 Å². The van der Waals surface area contributed by atoms with Gasteiger partial charge in [-0.3, -0.25) is 28.8 Å². The van der Waals surface area contributed by atoms with Crippen LogP contribution in [0.5, 0.6) is 0 Å². The monoisotopic (exact) mass is 390 g/mol. The fourth-order valence-electron chi connectivity index (χ4n) is 1.88. The summed E-state index contributed by atoms with van der Waals surface area (Å²) in [7, 11) is 0. The lowest BCUT2D eigenvalue weighted by Gasteiger charge is -2.30. The molecule has 0 bridgehead atoms. The molecule has 0 fully saturated rings. The van der Waals surface area contributed by atoms with Gasteiger partial charge in [0.2, 0.25) is 11.9 Å². The first-order chi connectivity index (χ1) is 12.4. The van der Waals surface area contributed by atoms with E-state index in [-0.39, 0.29) is 0 Å². The van der Waals surface area contributed by atoms with Gasteiger partial charge in [-0.05, 0) is 0 Å². The molecule has 11 heteroatoms. The van der Waals surface area contributed by atoms with Crippen LogP contribution in [0.1, 0.15) is 34.6 Å². The lowest BCUT2D eigenvalue weighted by atomic mass is 10.0. The highest BCUT2D eigenvalue weighted by Crippen LogP contribution is 2.16. The maximum Gasteiger partial charge on any atom is 0.303 e. The van der Waals surface area contributed by atoms with Gasteiger partial charge < -0.3 is 23.7 Å². The molecule has 0 aliphatic rings. The number of hydrogen-bond acceptors (Lipinski definition) is 11. The molecule has 0 saturated heterocycles. The summed E-state index contributed by atoms with van der Waals surface area (Å²) in [5.74, 6) is -5.08. The van der Waals surface area contributed by atoms with E-state index in [1.807, 2.05) is 0 Å². The Bertz CT molecular complexity index is 595. The van der Waals surface area contributed by atoms with E-state index in [9.17, 15) is 28.8 Å². The first-order valence-corrected chi connectivity index (χ1v) is 7.75. The summed E-state index contributed by atoms with van der Waals surface area (Å²) in [5.41, 5.74) is 0. The Balaban J connectivity index is 5.80. The molecule has 11 nitrogen and oxygen atoms in total. The maximum atomic E-state index is 12.3. The number of carbonyl (C=O) groups is 6. The third-order valence-electron chi connectivity index (χ3n) is 2.76. The summed E-state index contributed by atoms with van der Waals surface area (Å²) in [4.78, 5) is 68.5. The Labute approximate surface area is 155 Å². The van der Waals surface area contributed by atoms with Crippen molar-refractivity contribution >= 4 is 35.6 Å². The summed E-state index contributed by atoms with van der Waals surface area (Å²) >= 11 is 0. The van der Waals surface area contributed by atoms with Crippen LogP contribution in [0, 0.1) is 0 Å². The van der Waals surface area contributed by atoms with Gasteiger partial charge in [0.15, 0.2) is 18.8 Å². The molecule has 0 aliphatic heterocycles. The minimum Gasteiger partial charge on any atom is -0.462 e. The molecular formula is C16H22O11. The van der Waals surface area contributed by atoms with Crippen molar-refractivity contribution < 1.29 is 52.5 Å². The standard InChI is InChI=1S/C16H22O11/c1-8(17)23-6-13(22)15(26-11(4)20)16(27-12(5)21)14(25-10(3)19)7-24-9(2)18/h14-16H,6-7H2,1-5H3/t14-,15+,16+/m1/s1. The summed E-state index contributed by atoms with van der Waals surface area (Å²) in [6.45, 7) is 3.81. The number of ketones is 1. The third-order valence-corrected chi connectivity index (χ3v) is 2.76. The molecule has 0 N–H and O–H groups in total. The van der Waals surface area contributed by atoms with Crippen molar-refractivity contribution in [2.24, 2.45) is 0 Å². The molecule has 0 amide bonds. The van der Waals surface area contributed by atoms with Crippen molar-refractivity contribution in [3.63, 3.8) is 0 Å². The maximum absolute atomic E-state index is 12.3. The Morgan fingerprint density at radius 2 is 1.11 bits per heavy atom. The average Bonchev–Trinajstić information content (AvgIpc) is 2.51. The van der Waals surface area contributed by atoms with Gasteiger partial charge in [0.25, 0.3) is 0 Å². The smallest absolute Gasteiger partial charge is 0.303 e. The van der Waals surface area contributed by atoms with Gasteiger partial charge in [0.1, 0.15) is 6.61 Å². The minimum atomic E-state index is -1.77. The molecule has 0 unspecified atom stereocenters. The van der Waals surface area contributed by atoms with Gasteiger partial charge in [0, 0.05) is 34.6 Å². The number of hydrogen-bond donors (Lipinski definition) is 0. The van der Waals surface area contributed by atoms with Crippen molar-refractivity contribution in [3.8, 4) is 0 Å². The molecule has 0 heterocycles. The van der Waals surface area contributed by atoms with Gasteiger partial charge in [-0.25, -0.2) is 0 Å². The molecular weight excluding hydrogens is 368 g/mol. The molecule has 152 valence electrons. The normalized spacial score (nSPS) is 13.4. The molecule has 27 heavy (non-hydrogen) atoms. The van der Waals surface area contributed by atoms with Gasteiger partial charge >= 0.3 is 29.8 Å². The van der Waals surface area contributed by atoms with E-state index < -0.39 is 67.2 Å². The second-order valence-corrected chi connectivity index (χ2v) is 5.30. The van der Waals surface area contributed by atoms with Gasteiger partial charge in [-0.1, -0.05) is 0 Å². The lowest BCUT2D eigenvalue weighted by Crippen LogP contribution is -2.51. The van der Waals surface area contributed by atoms with Crippen LogP contribution in [-0.2, 0) is 52.5 Å². The zero-order valence-electron chi connectivity index (χ0n) is 15.6. The fraction of sp³-hybridized carbons (Fsp3) is 0.625. The number of rotatable bonds is 10. The zero-order valence-corrected chi connectivity index (χ0v) is 15.6. The fourth-order valence-corrected chi connectivity index (χ4v) is 1.88. The summed E-state index contributed by atoms with van der Waals surface area (Å²) in [6.07, 6.45) is -4.87. The number of Topliss-reactive ketones (excluding diaryl/α,β-unsaturated/α-hetero) is 1. The number of carbonyl (C=O) groups excluding carboxylic acids is 6. The molecule has 0 aromatic rings. The Kier molecular flexibility index (Phi) is 10.3. The summed E-state index contributed by atoms with van der Waals surface area (Å²) in [5, 5.41) is 0. The third kappa shape index (κ3) is 10.6. The van der Waals surface area contributed by atoms with Crippen LogP contribution in [0.3, 0.4) is 0 Å². The number of ether oxygens (including phenoxy) is 5. The van der Waals surface area contributed by atoms with E-state index >= 15 is 0 Å². The SMILES string of the molecule is CC(=O)OCC(=O)[C@H](OC(C)=O)[C@@H](OC(C)=O)[C@@H](COC(C)=O)OC(C)=O. The highest BCUT2D eigenvalue weighted by molar-refractivity contribution is 5.88. The molecule has 0 saturated carbocycles. The molecule has 0 spiro atoms. The van der Waals surface area contributed by atoms with Crippen LogP contribution in [0.25, 0.3) is 0 Å². The first-order valence-electron chi connectivity index (χ1n) is 7.75. The van der Waals surface area contributed by atoms with Crippen LogP contribution < -0.4 is 0 Å². The van der Waals surface area contributed by atoms with Crippen molar-refractivity contribution in [1.82, 2.24) is 0 Å². The van der Waals surface area contributed by atoms with Gasteiger partial charge in [0.05, 0.1) is 0 Å². The van der Waals surface area contributed by atoms with Crippen molar-refractivity contribution in [2.75, 3.05) is 13.2 Å². The molecule has 0 rings (SSSR count). The highest BCUT2D eigenvalue weighted by Gasteiger charge is 2.42. The van der Waals surface area contributed by atoms with Gasteiger partial charge in [-0.2, -0.15) is 0 Å². The van der Waals surface area contributed by atoms with Gasteiger partial charge in [-0.15, -0.1) is 0 Å². The van der Waals surface area contributed by atoms with E-state index in [1.54, 1.807) is 0 Å². The zero-order chi connectivity index (χ0) is 21.1. The van der Waals surface area contributed by atoms with Crippen molar-refractivity contribution in [2.45, 2.75) is 52.9 Å². The van der Waals surface area contributed by atoms with Crippen LogP contribution in [-0.4, -0.2) is 67.2 Å². The summed E-state index contributed by atoms with van der Waals surface area (Å²) < 4.78 is 24.2. The Morgan fingerprint density at radius 1 is 0.630 bits per heavy atom. The van der Waals surface area contributed by atoms with Crippen molar-refractivity contribution in [1.29, 1.82) is 0 Å². The second-order valence-electron chi connectivity index (χ2n) is 5.30. The summed E-state index contributed by atoms with van der Waals surface area (Å²) in [6, 6.07) is 0. The van der Waals surface area contributed by atoms with E-state index in [0.29, 0.717) is 0 Å². The minimum absolute atomic E-state index is 0.578. The largest absolute Gasteiger partial charge is 0.462 e. The second kappa shape index (κ2) is 11.6. The molecule has 3 atom stereocenters. The van der Waals surface area contributed by atoms with Crippen LogP contribution in [0.4, 0.5) is 0 Å². The topological polar surface area (TPSA) is 149 Å². The molecule has 0 aliphatic carbocycles. The Morgan fingerprint density at radius 3 is 1.52 bits per heavy atom. The Hall–Kier alpha value is -2.98. The molecule has 0 aromatic heterocycles. The van der Waals surface area contributed by atoms with Crippen LogP contribution in [0.2, 0.25) is 0 Å². The van der Waals surface area contributed by atoms with Crippen molar-refractivity contribution in [3.05, 3.63) is 0 Å². The number of esters is 5.